The van der Waals surface area contributed by atoms with E-state index in [2.05, 4.69) is 29.2 Å². The van der Waals surface area contributed by atoms with E-state index in [9.17, 15) is 0 Å². The molecule has 0 spiro atoms. The van der Waals surface area contributed by atoms with Gasteiger partial charge in [0.25, 0.3) is 0 Å². The number of nitrogens with two attached hydrogens (primary N) is 1. The third-order valence-electron chi connectivity index (χ3n) is 3.78. The number of ether oxygens (including phenoxy) is 2. The lowest BCUT2D eigenvalue weighted by Crippen LogP contribution is -2.07. The Bertz CT molecular complexity index is 784. The Labute approximate surface area is 141 Å². The Morgan fingerprint density at radius 2 is 1.75 bits per heavy atom. The summed E-state index contributed by atoms with van der Waals surface area (Å²) in [6.45, 7) is 1.81. The summed E-state index contributed by atoms with van der Waals surface area (Å²) < 4.78 is 10.8. The van der Waals surface area contributed by atoms with Gasteiger partial charge in [-0.3, -0.25) is 0 Å². The molecule has 0 aliphatic rings. The second kappa shape index (κ2) is 7.97. The Hall–Kier alpha value is -2.34. The van der Waals surface area contributed by atoms with Crippen molar-refractivity contribution in [1.82, 2.24) is 4.98 Å². The molecule has 24 heavy (non-hydrogen) atoms. The normalized spacial score (nSPS) is 11.2. The maximum absolute atomic E-state index is 8.63. The van der Waals surface area contributed by atoms with Crippen molar-refractivity contribution in [2.24, 2.45) is 0 Å². The molecule has 1 heterocycles. The van der Waals surface area contributed by atoms with Crippen LogP contribution in [-0.2, 0) is 16.1 Å². The lowest BCUT2D eigenvalue weighted by atomic mass is 10.1. The van der Waals surface area contributed by atoms with Crippen LogP contribution in [0.1, 0.15) is 5.56 Å². The number of hydrogen-bond acceptors (Lipinski definition) is 4. The molecule has 1 aromatic heterocycles. The number of nitrogen functional groups attached to an aromatic ring is 1. The first kappa shape index (κ1) is 16.5. The van der Waals surface area contributed by atoms with Crippen molar-refractivity contribution in [2.75, 3.05) is 32.2 Å². The molecule has 126 valence electrons. The highest BCUT2D eigenvalue weighted by atomic mass is 16.5. The smallest absolute Gasteiger partial charge is 0.0719 e. The highest BCUT2D eigenvalue weighted by Crippen LogP contribution is 2.28. The van der Waals surface area contributed by atoms with Crippen molar-refractivity contribution in [2.45, 2.75) is 6.61 Å². The van der Waals surface area contributed by atoms with Crippen LogP contribution in [0.25, 0.3) is 22.2 Å². The molecule has 0 atom stereocenters. The highest BCUT2D eigenvalue weighted by Gasteiger charge is 2.07. The van der Waals surface area contributed by atoms with E-state index in [4.69, 9.17) is 20.3 Å². The first-order chi connectivity index (χ1) is 11.8. The van der Waals surface area contributed by atoms with Gasteiger partial charge in [0.15, 0.2) is 0 Å². The SMILES string of the molecule is Nc1cc(COCCOCCO)cc2cc(-c3ccccc3)[nH]c12. The molecule has 0 unspecified atom stereocenters. The summed E-state index contributed by atoms with van der Waals surface area (Å²) in [4.78, 5) is 3.39. The van der Waals surface area contributed by atoms with E-state index < -0.39 is 0 Å². The van der Waals surface area contributed by atoms with Crippen molar-refractivity contribution >= 4 is 16.6 Å². The molecule has 3 rings (SSSR count). The molecule has 5 nitrogen and oxygen atoms in total. The summed E-state index contributed by atoms with van der Waals surface area (Å²) in [5, 5.41) is 9.71. The third kappa shape index (κ3) is 3.94. The minimum absolute atomic E-state index is 0.0322. The van der Waals surface area contributed by atoms with Crippen molar-refractivity contribution in [3.8, 4) is 11.3 Å². The van der Waals surface area contributed by atoms with Gasteiger partial charge in [0.05, 0.1) is 44.2 Å². The van der Waals surface area contributed by atoms with Crippen molar-refractivity contribution in [1.29, 1.82) is 0 Å². The predicted molar refractivity (Wildman–Crippen MR) is 95.7 cm³/mol. The molecule has 2 aromatic carbocycles. The lowest BCUT2D eigenvalue weighted by molar-refractivity contribution is 0.0274. The molecule has 0 saturated heterocycles. The Balaban J connectivity index is 1.70. The fourth-order valence-electron chi connectivity index (χ4n) is 2.67. The molecule has 0 bridgehead atoms. The largest absolute Gasteiger partial charge is 0.397 e. The van der Waals surface area contributed by atoms with Crippen LogP contribution in [-0.4, -0.2) is 36.5 Å². The van der Waals surface area contributed by atoms with Gasteiger partial charge < -0.3 is 25.3 Å². The van der Waals surface area contributed by atoms with Gasteiger partial charge in [-0.2, -0.15) is 0 Å². The minimum Gasteiger partial charge on any atom is -0.397 e. The quantitative estimate of drug-likeness (QED) is 0.439. The summed E-state index contributed by atoms with van der Waals surface area (Å²) in [5.41, 5.74) is 11.0. The zero-order chi connectivity index (χ0) is 16.8. The minimum atomic E-state index is 0.0322. The van der Waals surface area contributed by atoms with E-state index in [-0.39, 0.29) is 6.61 Å². The van der Waals surface area contributed by atoms with E-state index in [1.165, 1.54) is 0 Å². The summed E-state index contributed by atoms with van der Waals surface area (Å²) in [6, 6.07) is 16.3. The number of H-pyrrole nitrogens is 1. The van der Waals surface area contributed by atoms with Crippen LogP contribution in [0.2, 0.25) is 0 Å². The summed E-state index contributed by atoms with van der Waals surface area (Å²) in [7, 11) is 0. The molecule has 5 heteroatoms. The second-order valence-electron chi connectivity index (χ2n) is 5.59. The van der Waals surface area contributed by atoms with Gasteiger partial charge >= 0.3 is 0 Å². The molecule has 0 saturated carbocycles. The Morgan fingerprint density at radius 3 is 2.54 bits per heavy atom. The van der Waals surface area contributed by atoms with Crippen LogP contribution >= 0.6 is 0 Å². The van der Waals surface area contributed by atoms with Crippen molar-refractivity contribution in [3.05, 3.63) is 54.1 Å². The van der Waals surface area contributed by atoms with E-state index in [0.717, 1.165) is 27.7 Å². The van der Waals surface area contributed by atoms with Gasteiger partial charge in [0.1, 0.15) is 0 Å². The second-order valence-corrected chi connectivity index (χ2v) is 5.59. The van der Waals surface area contributed by atoms with Crippen LogP contribution in [0, 0.1) is 0 Å². The van der Waals surface area contributed by atoms with E-state index in [1.54, 1.807) is 0 Å². The third-order valence-corrected chi connectivity index (χ3v) is 3.78. The first-order valence-corrected chi connectivity index (χ1v) is 8.01. The Morgan fingerprint density at radius 1 is 0.958 bits per heavy atom. The zero-order valence-corrected chi connectivity index (χ0v) is 13.5. The number of aromatic nitrogens is 1. The van der Waals surface area contributed by atoms with E-state index in [0.29, 0.717) is 32.1 Å². The van der Waals surface area contributed by atoms with E-state index in [1.807, 2.05) is 24.3 Å². The molecular weight excluding hydrogens is 304 g/mol. The molecule has 0 radical (unpaired) electrons. The van der Waals surface area contributed by atoms with Crippen LogP contribution in [0.5, 0.6) is 0 Å². The van der Waals surface area contributed by atoms with Crippen LogP contribution in [0.4, 0.5) is 5.69 Å². The number of rotatable bonds is 8. The first-order valence-electron chi connectivity index (χ1n) is 8.01. The number of benzene rings is 2. The summed E-state index contributed by atoms with van der Waals surface area (Å²) >= 11 is 0. The number of aliphatic hydroxyl groups excluding tert-OH is 1. The standard InChI is InChI=1S/C19H22N2O3/c20-17-11-14(13-24-9-8-23-7-6-22)10-16-12-18(21-19(16)17)15-4-2-1-3-5-15/h1-5,10-12,21-22H,6-9,13,20H2. The number of aliphatic hydroxyl groups is 1. The zero-order valence-electron chi connectivity index (χ0n) is 13.5. The van der Waals surface area contributed by atoms with Crippen molar-refractivity contribution in [3.63, 3.8) is 0 Å². The van der Waals surface area contributed by atoms with Crippen LogP contribution in [0.15, 0.2) is 48.5 Å². The number of fused-ring (bicyclic) bond motifs is 1. The molecule has 4 N–H and O–H groups in total. The maximum atomic E-state index is 8.63. The molecule has 0 aliphatic carbocycles. The van der Waals surface area contributed by atoms with E-state index >= 15 is 0 Å². The Kier molecular flexibility index (Phi) is 5.48. The fourth-order valence-corrected chi connectivity index (χ4v) is 2.67. The number of nitrogens with one attached hydrogen (secondary N) is 1. The monoisotopic (exact) mass is 326 g/mol. The van der Waals surface area contributed by atoms with Crippen molar-refractivity contribution < 1.29 is 14.6 Å². The predicted octanol–water partition coefficient (Wildman–Crippen LogP) is 2.94. The summed E-state index contributed by atoms with van der Waals surface area (Å²) in [6.07, 6.45) is 0. The van der Waals surface area contributed by atoms with Gasteiger partial charge in [-0.15, -0.1) is 0 Å². The maximum Gasteiger partial charge on any atom is 0.0719 e. The highest BCUT2D eigenvalue weighted by molar-refractivity contribution is 5.94. The van der Waals surface area contributed by atoms with Gasteiger partial charge in [0, 0.05) is 11.1 Å². The molecule has 0 amide bonds. The van der Waals surface area contributed by atoms with Crippen LogP contribution < -0.4 is 5.73 Å². The number of aromatic amines is 1. The molecule has 0 fully saturated rings. The summed E-state index contributed by atoms with van der Waals surface area (Å²) in [5.74, 6) is 0. The molecule has 0 aliphatic heterocycles. The van der Waals surface area contributed by atoms with Gasteiger partial charge in [-0.05, 0) is 29.3 Å². The fraction of sp³-hybridized carbons (Fsp3) is 0.263. The average molecular weight is 326 g/mol. The molecular formula is C19H22N2O3. The van der Waals surface area contributed by atoms with Crippen LogP contribution in [0.3, 0.4) is 0 Å². The van der Waals surface area contributed by atoms with Gasteiger partial charge in [-0.1, -0.05) is 30.3 Å². The van der Waals surface area contributed by atoms with Gasteiger partial charge in [0.2, 0.25) is 0 Å². The number of hydrogen-bond donors (Lipinski definition) is 3. The topological polar surface area (TPSA) is 80.5 Å². The lowest BCUT2D eigenvalue weighted by Gasteiger charge is -2.06. The number of anilines is 1. The molecule has 3 aromatic rings. The average Bonchev–Trinajstić information content (AvgIpc) is 3.04. The van der Waals surface area contributed by atoms with Gasteiger partial charge in [-0.25, -0.2) is 0 Å².